The highest BCUT2D eigenvalue weighted by Gasteiger charge is 2.20. The van der Waals surface area contributed by atoms with Gasteiger partial charge in [-0.25, -0.2) is 4.39 Å². The molecular formula is C25H31FN8O. The van der Waals surface area contributed by atoms with E-state index in [0.717, 1.165) is 48.8 Å². The zero-order valence-electron chi connectivity index (χ0n) is 20.7. The fraction of sp³-hybridized carbons (Fsp3) is 0.400. The van der Waals surface area contributed by atoms with Gasteiger partial charge in [-0.2, -0.15) is 15.1 Å². The number of anilines is 3. The molecular weight excluding hydrogens is 447 g/mol. The maximum absolute atomic E-state index is 14.6. The van der Waals surface area contributed by atoms with Gasteiger partial charge >= 0.3 is 6.01 Å². The van der Waals surface area contributed by atoms with Gasteiger partial charge in [0, 0.05) is 66.6 Å². The van der Waals surface area contributed by atoms with Crippen molar-refractivity contribution in [1.29, 1.82) is 0 Å². The van der Waals surface area contributed by atoms with E-state index in [1.807, 2.05) is 25.1 Å². The zero-order valence-corrected chi connectivity index (χ0v) is 20.7. The predicted octanol–water partition coefficient (Wildman–Crippen LogP) is 4.71. The summed E-state index contributed by atoms with van der Waals surface area (Å²) in [4.78, 5) is 16.7. The maximum atomic E-state index is 14.6. The average molecular weight is 479 g/mol. The van der Waals surface area contributed by atoms with Gasteiger partial charge in [0.2, 0.25) is 0 Å². The number of ether oxygens (including phenoxy) is 1. The number of piperazine rings is 1. The number of likely N-dealkylation sites (N-methyl/N-ethyl adjacent to an activating group) is 1. The van der Waals surface area contributed by atoms with Gasteiger partial charge in [-0.1, -0.05) is 20.8 Å². The van der Waals surface area contributed by atoms with Gasteiger partial charge in [0.15, 0.2) is 11.6 Å². The van der Waals surface area contributed by atoms with Gasteiger partial charge in [-0.05, 0) is 26.1 Å². The smallest absolute Gasteiger partial charge is 0.325 e. The summed E-state index contributed by atoms with van der Waals surface area (Å²) in [5.74, 6) is 1.90. The number of hydrogen-bond acceptors (Lipinski definition) is 7. The second-order valence-electron chi connectivity index (χ2n) is 10.1. The lowest BCUT2D eigenvalue weighted by Crippen LogP contribution is -2.44. The molecule has 1 aromatic carbocycles. The number of aryl methyl sites for hydroxylation is 1. The quantitative estimate of drug-likeness (QED) is 0.382. The molecule has 184 valence electrons. The number of halogens is 1. The molecule has 0 radical (unpaired) electrons. The Morgan fingerprint density at radius 3 is 2.49 bits per heavy atom. The fourth-order valence-corrected chi connectivity index (χ4v) is 4.10. The lowest BCUT2D eigenvalue weighted by molar-refractivity contribution is 0.311. The summed E-state index contributed by atoms with van der Waals surface area (Å²) < 4.78 is 20.6. The van der Waals surface area contributed by atoms with Crippen molar-refractivity contribution in [3.05, 3.63) is 47.5 Å². The predicted molar refractivity (Wildman–Crippen MR) is 135 cm³/mol. The van der Waals surface area contributed by atoms with Crippen LogP contribution in [0.25, 0.3) is 10.9 Å². The molecule has 3 aromatic heterocycles. The Morgan fingerprint density at radius 1 is 1.00 bits per heavy atom. The van der Waals surface area contributed by atoms with E-state index in [-0.39, 0.29) is 17.2 Å². The van der Waals surface area contributed by atoms with Crippen molar-refractivity contribution in [2.45, 2.75) is 33.1 Å². The number of aromatic amines is 2. The van der Waals surface area contributed by atoms with Crippen molar-refractivity contribution in [1.82, 2.24) is 30.0 Å². The summed E-state index contributed by atoms with van der Waals surface area (Å²) in [5.41, 5.74) is 2.29. The van der Waals surface area contributed by atoms with Gasteiger partial charge in [-0.3, -0.25) is 5.10 Å². The molecule has 0 unspecified atom stereocenters. The van der Waals surface area contributed by atoms with E-state index in [0.29, 0.717) is 22.9 Å². The summed E-state index contributed by atoms with van der Waals surface area (Å²) in [6.07, 6.45) is 0. The van der Waals surface area contributed by atoms with Crippen molar-refractivity contribution in [2.24, 2.45) is 0 Å². The third-order valence-electron chi connectivity index (χ3n) is 6.16. The molecule has 4 aromatic rings. The van der Waals surface area contributed by atoms with Gasteiger partial charge in [0.05, 0.1) is 5.52 Å². The highest BCUT2D eigenvalue weighted by Crippen LogP contribution is 2.30. The number of benzene rings is 1. The largest absolute Gasteiger partial charge is 0.424 e. The zero-order chi connectivity index (χ0) is 24.7. The average Bonchev–Trinajstić information content (AvgIpc) is 3.40. The molecule has 1 aliphatic rings. The Labute approximate surface area is 203 Å². The Bertz CT molecular complexity index is 1350. The van der Waals surface area contributed by atoms with E-state index in [1.54, 1.807) is 6.07 Å². The second kappa shape index (κ2) is 8.84. The van der Waals surface area contributed by atoms with Crippen LogP contribution in [0.4, 0.5) is 21.8 Å². The lowest BCUT2D eigenvalue weighted by atomic mass is 9.92. The molecule has 9 nitrogen and oxygen atoms in total. The number of fused-ring (bicyclic) bond motifs is 1. The minimum absolute atomic E-state index is 0.0584. The van der Waals surface area contributed by atoms with E-state index in [2.05, 4.69) is 68.1 Å². The summed E-state index contributed by atoms with van der Waals surface area (Å²) in [5, 5.41) is 11.5. The third kappa shape index (κ3) is 5.07. The van der Waals surface area contributed by atoms with E-state index in [9.17, 15) is 4.39 Å². The van der Waals surface area contributed by atoms with E-state index < -0.39 is 0 Å². The topological polar surface area (TPSA) is 98.0 Å². The van der Waals surface area contributed by atoms with Crippen molar-refractivity contribution in [3.63, 3.8) is 0 Å². The highest BCUT2D eigenvalue weighted by molar-refractivity contribution is 5.82. The number of nitrogens with zero attached hydrogens (tertiary/aromatic N) is 5. The van der Waals surface area contributed by atoms with Crippen molar-refractivity contribution >= 4 is 28.4 Å². The summed E-state index contributed by atoms with van der Waals surface area (Å²) in [7, 11) is 2.11. The van der Waals surface area contributed by atoms with Crippen LogP contribution in [-0.2, 0) is 5.41 Å². The molecule has 3 N–H and O–H groups in total. The van der Waals surface area contributed by atoms with Crippen molar-refractivity contribution in [3.8, 4) is 11.8 Å². The molecule has 1 saturated heterocycles. The van der Waals surface area contributed by atoms with Crippen LogP contribution in [0.15, 0.2) is 30.3 Å². The van der Waals surface area contributed by atoms with Crippen LogP contribution < -0.4 is 15.0 Å². The van der Waals surface area contributed by atoms with Crippen LogP contribution in [-0.4, -0.2) is 63.3 Å². The number of rotatable bonds is 5. The van der Waals surface area contributed by atoms with E-state index in [4.69, 9.17) is 4.74 Å². The van der Waals surface area contributed by atoms with E-state index >= 15 is 0 Å². The van der Waals surface area contributed by atoms with Crippen LogP contribution in [0.1, 0.15) is 32.2 Å². The van der Waals surface area contributed by atoms with Crippen molar-refractivity contribution in [2.75, 3.05) is 43.4 Å². The van der Waals surface area contributed by atoms with Crippen molar-refractivity contribution < 1.29 is 9.13 Å². The summed E-state index contributed by atoms with van der Waals surface area (Å²) in [6.45, 7) is 11.8. The first-order valence-electron chi connectivity index (χ1n) is 11.8. The molecule has 5 rings (SSSR count). The normalized spacial score (nSPS) is 15.1. The molecule has 0 spiro atoms. The van der Waals surface area contributed by atoms with Gasteiger partial charge in [0.1, 0.15) is 17.4 Å². The molecule has 0 bridgehead atoms. The van der Waals surface area contributed by atoms with Crippen LogP contribution >= 0.6 is 0 Å². The van der Waals surface area contributed by atoms with Crippen LogP contribution in [0.3, 0.4) is 0 Å². The Balaban J connectivity index is 1.47. The number of nitrogens with one attached hydrogen (secondary N) is 3. The van der Waals surface area contributed by atoms with Gasteiger partial charge in [-0.15, -0.1) is 0 Å². The molecule has 0 aliphatic carbocycles. The molecule has 0 atom stereocenters. The Hall–Kier alpha value is -3.66. The molecule has 4 heterocycles. The molecule has 35 heavy (non-hydrogen) atoms. The first-order chi connectivity index (χ1) is 16.6. The monoisotopic (exact) mass is 478 g/mol. The first-order valence-corrected chi connectivity index (χ1v) is 11.8. The molecule has 0 saturated carbocycles. The SMILES string of the molecule is Cc1cc2cc(Oc3nc(Nc4cc(C(C)(C)C)[nH]n4)cc(N4CCN(C)CC4)n3)cc(F)c2[nH]1. The summed E-state index contributed by atoms with van der Waals surface area (Å²) >= 11 is 0. The lowest BCUT2D eigenvalue weighted by Gasteiger charge is -2.33. The molecule has 1 aliphatic heterocycles. The fourth-order valence-electron chi connectivity index (χ4n) is 4.10. The van der Waals surface area contributed by atoms with Crippen LogP contribution in [0.5, 0.6) is 11.8 Å². The third-order valence-corrected chi connectivity index (χ3v) is 6.16. The molecule has 10 heteroatoms. The minimum Gasteiger partial charge on any atom is -0.424 e. The molecule has 0 amide bonds. The number of H-pyrrole nitrogens is 2. The Kier molecular flexibility index (Phi) is 5.84. The standard InChI is InChI=1S/C25H31FN8O/c1-15-10-16-11-17(12-18(26)23(16)27-15)35-24-29-20(28-21-13-19(31-32-21)25(2,3)4)14-22(30-24)34-8-6-33(5)7-9-34/h10-14,27H,6-9H2,1-5H3,(H2,28,29,30,31,32). The van der Waals surface area contributed by atoms with Crippen LogP contribution in [0, 0.1) is 12.7 Å². The molecule has 1 fully saturated rings. The number of aromatic nitrogens is 5. The summed E-state index contributed by atoms with van der Waals surface area (Å²) in [6, 6.07) is 9.01. The van der Waals surface area contributed by atoms with E-state index in [1.165, 1.54) is 6.07 Å². The Morgan fingerprint density at radius 2 is 1.77 bits per heavy atom. The minimum atomic E-state index is -0.384. The first kappa shape index (κ1) is 23.1. The maximum Gasteiger partial charge on any atom is 0.325 e. The van der Waals surface area contributed by atoms with Crippen LogP contribution in [0.2, 0.25) is 0 Å². The number of hydrogen-bond donors (Lipinski definition) is 3. The van der Waals surface area contributed by atoms with Gasteiger partial charge in [0.25, 0.3) is 0 Å². The van der Waals surface area contributed by atoms with Gasteiger partial charge < -0.3 is 24.8 Å². The second-order valence-corrected chi connectivity index (χ2v) is 10.1. The highest BCUT2D eigenvalue weighted by atomic mass is 19.1.